The van der Waals surface area contributed by atoms with Crippen molar-refractivity contribution < 1.29 is 4.74 Å². The quantitative estimate of drug-likeness (QED) is 0.885. The molecule has 1 saturated carbocycles. The second kappa shape index (κ2) is 5.02. The Balaban J connectivity index is 1.88. The normalized spacial score (nSPS) is 26.8. The molecule has 0 bridgehead atoms. The molecule has 0 unspecified atom stereocenters. The van der Waals surface area contributed by atoms with E-state index in [4.69, 9.17) is 9.72 Å². The monoisotopic (exact) mass is 249 g/mol. The lowest BCUT2D eigenvalue weighted by atomic mass is 9.88. The smallest absolute Gasteiger partial charge is 0.109 e. The average molecular weight is 249 g/mol. The molecule has 2 aliphatic rings. The number of methoxy groups -OCH3 is 1. The van der Waals surface area contributed by atoms with Crippen molar-refractivity contribution in [2.75, 3.05) is 13.7 Å². The van der Waals surface area contributed by atoms with E-state index in [1.807, 2.05) is 7.11 Å². The highest BCUT2D eigenvalue weighted by Crippen LogP contribution is 2.37. The van der Waals surface area contributed by atoms with Crippen LogP contribution in [0.5, 0.6) is 0 Å². The average Bonchev–Trinajstić information content (AvgIpc) is 2.67. The van der Waals surface area contributed by atoms with Gasteiger partial charge in [-0.3, -0.25) is 0 Å². The van der Waals surface area contributed by atoms with Crippen LogP contribution in [0, 0.1) is 0 Å². The zero-order valence-corrected chi connectivity index (χ0v) is 11.4. The second-order valence-corrected chi connectivity index (χ2v) is 5.45. The van der Waals surface area contributed by atoms with Crippen molar-refractivity contribution in [1.29, 1.82) is 0 Å². The van der Waals surface area contributed by atoms with Crippen molar-refractivity contribution >= 4 is 0 Å². The number of fused-ring (bicyclic) bond motifs is 1. The highest BCUT2D eigenvalue weighted by Gasteiger charge is 2.34. The van der Waals surface area contributed by atoms with E-state index in [0.29, 0.717) is 12.1 Å². The van der Waals surface area contributed by atoms with Crippen molar-refractivity contribution in [3.63, 3.8) is 0 Å². The predicted molar refractivity (Wildman–Crippen MR) is 70.7 cm³/mol. The van der Waals surface area contributed by atoms with Crippen LogP contribution in [-0.4, -0.2) is 29.3 Å². The van der Waals surface area contributed by atoms with Gasteiger partial charge >= 0.3 is 0 Å². The summed E-state index contributed by atoms with van der Waals surface area (Å²) in [7, 11) is 1.82. The molecular formula is C14H23N3O. The molecule has 1 aliphatic heterocycles. The lowest BCUT2D eigenvalue weighted by Gasteiger charge is -2.37. The number of aryl methyl sites for hydroxylation is 1. The molecule has 4 nitrogen and oxygen atoms in total. The Morgan fingerprint density at radius 2 is 2.28 bits per heavy atom. The standard InChI is InChI=1S/C14H23N3O/c1-3-4-14-16-12-9-15-6-5-13(12)17(14)10-7-11(8-10)18-2/h10-11,15H,3-9H2,1-2H3. The minimum Gasteiger partial charge on any atom is -0.381 e. The first-order valence-electron chi connectivity index (χ1n) is 7.15. The molecule has 1 aliphatic carbocycles. The van der Waals surface area contributed by atoms with E-state index in [9.17, 15) is 0 Å². The van der Waals surface area contributed by atoms with E-state index in [-0.39, 0.29) is 0 Å². The fraction of sp³-hybridized carbons (Fsp3) is 0.786. The van der Waals surface area contributed by atoms with Gasteiger partial charge in [-0.1, -0.05) is 6.92 Å². The Kier molecular flexibility index (Phi) is 3.39. The fourth-order valence-corrected chi connectivity index (χ4v) is 3.16. The molecule has 4 heteroatoms. The first-order valence-corrected chi connectivity index (χ1v) is 7.15. The molecule has 0 aromatic carbocycles. The third kappa shape index (κ3) is 1.97. The van der Waals surface area contributed by atoms with Crippen LogP contribution in [0.25, 0.3) is 0 Å². The Morgan fingerprint density at radius 1 is 1.44 bits per heavy atom. The molecule has 0 radical (unpaired) electrons. The topological polar surface area (TPSA) is 39.1 Å². The highest BCUT2D eigenvalue weighted by molar-refractivity contribution is 5.22. The Morgan fingerprint density at radius 3 is 3.00 bits per heavy atom. The summed E-state index contributed by atoms with van der Waals surface area (Å²) in [5.74, 6) is 1.30. The van der Waals surface area contributed by atoms with Crippen LogP contribution >= 0.6 is 0 Å². The maximum absolute atomic E-state index is 5.41. The maximum Gasteiger partial charge on any atom is 0.109 e. The molecule has 100 valence electrons. The minimum atomic E-state index is 0.462. The minimum absolute atomic E-state index is 0.462. The van der Waals surface area contributed by atoms with Crippen LogP contribution in [0.4, 0.5) is 0 Å². The fourth-order valence-electron chi connectivity index (χ4n) is 3.16. The number of rotatable bonds is 4. The number of nitrogens with one attached hydrogen (secondary N) is 1. The van der Waals surface area contributed by atoms with Crippen molar-refractivity contribution in [3.8, 4) is 0 Å². The molecule has 1 N–H and O–H groups in total. The van der Waals surface area contributed by atoms with E-state index in [2.05, 4.69) is 16.8 Å². The molecule has 1 fully saturated rings. The van der Waals surface area contributed by atoms with Gasteiger partial charge in [-0.05, 0) is 19.3 Å². The van der Waals surface area contributed by atoms with Crippen molar-refractivity contribution in [2.24, 2.45) is 0 Å². The first-order chi connectivity index (χ1) is 8.83. The first kappa shape index (κ1) is 12.2. The summed E-state index contributed by atoms with van der Waals surface area (Å²) >= 11 is 0. The van der Waals surface area contributed by atoms with Crippen molar-refractivity contribution in [3.05, 3.63) is 17.2 Å². The van der Waals surface area contributed by atoms with Gasteiger partial charge in [0.1, 0.15) is 5.82 Å². The van der Waals surface area contributed by atoms with Crippen molar-refractivity contribution in [1.82, 2.24) is 14.9 Å². The third-order valence-corrected chi connectivity index (χ3v) is 4.24. The van der Waals surface area contributed by atoms with Crippen molar-refractivity contribution in [2.45, 2.75) is 57.7 Å². The van der Waals surface area contributed by atoms with Gasteiger partial charge < -0.3 is 14.6 Å². The SMILES string of the molecule is CCCc1nc2c(n1C1CC(OC)C1)CCNC2. The lowest BCUT2D eigenvalue weighted by Crippen LogP contribution is -2.35. The van der Waals surface area contributed by atoms with Crippen LogP contribution in [-0.2, 0) is 24.1 Å². The molecular weight excluding hydrogens is 226 g/mol. The van der Waals surface area contributed by atoms with Crippen LogP contribution < -0.4 is 5.32 Å². The summed E-state index contributed by atoms with van der Waals surface area (Å²) < 4.78 is 7.95. The van der Waals surface area contributed by atoms with E-state index in [0.717, 1.165) is 38.8 Å². The number of nitrogens with zero attached hydrogens (tertiary/aromatic N) is 2. The molecule has 0 saturated heterocycles. The summed E-state index contributed by atoms with van der Waals surface area (Å²) in [6.07, 6.45) is 6.17. The van der Waals surface area contributed by atoms with Crippen LogP contribution in [0.2, 0.25) is 0 Å². The van der Waals surface area contributed by atoms with Gasteiger partial charge in [-0.2, -0.15) is 0 Å². The molecule has 2 heterocycles. The number of hydrogen-bond acceptors (Lipinski definition) is 3. The van der Waals surface area contributed by atoms with Gasteiger partial charge in [0.15, 0.2) is 0 Å². The van der Waals surface area contributed by atoms with Gasteiger partial charge in [0.2, 0.25) is 0 Å². The number of aromatic nitrogens is 2. The summed E-state index contributed by atoms with van der Waals surface area (Å²) in [4.78, 5) is 4.85. The number of imidazole rings is 1. The Hall–Kier alpha value is -0.870. The summed E-state index contributed by atoms with van der Waals surface area (Å²) in [6.45, 7) is 4.26. The third-order valence-electron chi connectivity index (χ3n) is 4.24. The molecule has 3 rings (SSSR count). The predicted octanol–water partition coefficient (Wildman–Crippen LogP) is 1.83. The van der Waals surface area contributed by atoms with E-state index >= 15 is 0 Å². The lowest BCUT2D eigenvalue weighted by molar-refractivity contribution is 0.00455. The molecule has 1 aromatic heterocycles. The maximum atomic E-state index is 5.41. The molecule has 0 spiro atoms. The summed E-state index contributed by atoms with van der Waals surface area (Å²) in [5, 5.41) is 3.42. The van der Waals surface area contributed by atoms with E-state index in [1.54, 1.807) is 0 Å². The van der Waals surface area contributed by atoms with Gasteiger partial charge in [0, 0.05) is 44.8 Å². The molecule has 1 aromatic rings. The van der Waals surface area contributed by atoms with Crippen LogP contribution in [0.1, 0.15) is 49.4 Å². The van der Waals surface area contributed by atoms with Crippen LogP contribution in [0.3, 0.4) is 0 Å². The Labute approximate surface area is 109 Å². The number of ether oxygens (including phenoxy) is 1. The second-order valence-electron chi connectivity index (χ2n) is 5.45. The van der Waals surface area contributed by atoms with Gasteiger partial charge in [-0.25, -0.2) is 4.98 Å². The zero-order chi connectivity index (χ0) is 12.5. The van der Waals surface area contributed by atoms with E-state index < -0.39 is 0 Å². The van der Waals surface area contributed by atoms with Gasteiger partial charge in [0.05, 0.1) is 11.8 Å². The van der Waals surface area contributed by atoms with E-state index in [1.165, 1.54) is 23.6 Å². The molecule has 0 atom stereocenters. The summed E-state index contributed by atoms with van der Waals surface area (Å²) in [5.41, 5.74) is 2.77. The molecule has 18 heavy (non-hydrogen) atoms. The van der Waals surface area contributed by atoms with Gasteiger partial charge in [-0.15, -0.1) is 0 Å². The van der Waals surface area contributed by atoms with Gasteiger partial charge in [0.25, 0.3) is 0 Å². The number of hydrogen-bond donors (Lipinski definition) is 1. The zero-order valence-electron chi connectivity index (χ0n) is 11.4. The molecule has 0 amide bonds. The van der Waals surface area contributed by atoms with Crippen LogP contribution in [0.15, 0.2) is 0 Å². The highest BCUT2D eigenvalue weighted by atomic mass is 16.5. The Bertz CT molecular complexity index is 421. The summed E-state index contributed by atoms with van der Waals surface area (Å²) in [6, 6.07) is 0.630. The largest absolute Gasteiger partial charge is 0.381 e.